The van der Waals surface area contributed by atoms with Gasteiger partial charge in [-0.25, -0.2) is 14.4 Å². The lowest BCUT2D eigenvalue weighted by Crippen LogP contribution is -2.25. The van der Waals surface area contributed by atoms with Gasteiger partial charge in [-0.15, -0.1) is 0 Å². The highest BCUT2D eigenvalue weighted by atomic mass is 19.1. The van der Waals surface area contributed by atoms with Crippen molar-refractivity contribution in [2.75, 3.05) is 6.61 Å². The molecule has 0 aliphatic heterocycles. The van der Waals surface area contributed by atoms with Crippen LogP contribution in [0.3, 0.4) is 0 Å². The Morgan fingerprint density at radius 3 is 2.47 bits per heavy atom. The number of aliphatic hydroxyl groups is 1. The maximum Gasteiger partial charge on any atom is 0.274 e. The predicted molar refractivity (Wildman–Crippen MR) is 130 cm³/mol. The van der Waals surface area contributed by atoms with Crippen LogP contribution < -0.4 is 10.3 Å². The zero-order valence-corrected chi connectivity index (χ0v) is 20.0. The van der Waals surface area contributed by atoms with Crippen molar-refractivity contribution in [3.05, 3.63) is 76.1 Å². The lowest BCUT2D eigenvalue weighted by atomic mass is 9.93. The Labute approximate surface area is 197 Å². The summed E-state index contributed by atoms with van der Waals surface area (Å²) < 4.78 is 22.4. The van der Waals surface area contributed by atoms with Gasteiger partial charge in [0, 0.05) is 42.9 Å². The number of fused-ring (bicyclic) bond motifs is 1. The molecular weight excluding hydrogens is 435 g/mol. The standard InChI is InChI=1S/C26H29FN4O3/c1-16-6-9-23(34-17(2)27)19(10-16)14-31-22-11-18(7-8-21(22)24(33)30(31)5)20-12-28-25(29-13-20)26(3,4)15-32/h6-13,17,32H,14-15H2,1-5H3. The summed E-state index contributed by atoms with van der Waals surface area (Å²) >= 11 is 0. The second kappa shape index (κ2) is 9.02. The van der Waals surface area contributed by atoms with E-state index < -0.39 is 11.8 Å². The van der Waals surface area contributed by atoms with Crippen LogP contribution in [0.5, 0.6) is 5.75 Å². The quantitative estimate of drug-likeness (QED) is 0.445. The van der Waals surface area contributed by atoms with E-state index in [0.717, 1.165) is 27.8 Å². The van der Waals surface area contributed by atoms with Crippen LogP contribution in [0.1, 0.15) is 37.7 Å². The van der Waals surface area contributed by atoms with Crippen molar-refractivity contribution in [3.63, 3.8) is 0 Å². The first-order chi connectivity index (χ1) is 16.1. The number of aryl methyl sites for hydroxylation is 1. The van der Waals surface area contributed by atoms with Gasteiger partial charge in [0.25, 0.3) is 5.56 Å². The SMILES string of the molecule is Cc1ccc(OC(C)F)c(Cn2c3cc(-c4cnc(C(C)(C)CO)nc4)ccc3c(=O)n2C)c1. The van der Waals surface area contributed by atoms with Gasteiger partial charge in [-0.1, -0.05) is 37.6 Å². The van der Waals surface area contributed by atoms with E-state index in [-0.39, 0.29) is 12.2 Å². The fourth-order valence-corrected chi connectivity index (χ4v) is 3.92. The molecule has 4 aromatic rings. The number of hydrogen-bond donors (Lipinski definition) is 1. The minimum atomic E-state index is -1.45. The van der Waals surface area contributed by atoms with Crippen molar-refractivity contribution in [1.82, 2.24) is 19.3 Å². The van der Waals surface area contributed by atoms with E-state index in [1.807, 2.05) is 49.7 Å². The van der Waals surface area contributed by atoms with E-state index in [1.165, 1.54) is 6.92 Å². The number of ether oxygens (including phenoxy) is 1. The molecule has 7 nitrogen and oxygen atoms in total. The van der Waals surface area contributed by atoms with E-state index in [1.54, 1.807) is 36.3 Å². The lowest BCUT2D eigenvalue weighted by Gasteiger charge is -2.19. The van der Waals surface area contributed by atoms with Gasteiger partial charge in [0.05, 0.1) is 24.1 Å². The molecule has 8 heteroatoms. The highest BCUT2D eigenvalue weighted by molar-refractivity contribution is 5.84. The predicted octanol–water partition coefficient (Wildman–Crippen LogP) is 4.12. The van der Waals surface area contributed by atoms with Crippen molar-refractivity contribution < 1.29 is 14.2 Å². The number of nitrogens with zero attached hydrogens (tertiary/aromatic N) is 4. The summed E-state index contributed by atoms with van der Waals surface area (Å²) in [7, 11) is 1.71. The monoisotopic (exact) mass is 464 g/mol. The summed E-state index contributed by atoms with van der Waals surface area (Å²) in [6, 6.07) is 11.2. The fraction of sp³-hybridized carbons (Fsp3) is 0.346. The van der Waals surface area contributed by atoms with Crippen molar-refractivity contribution in [2.45, 2.75) is 46.0 Å². The molecule has 0 amide bonds. The Morgan fingerprint density at radius 1 is 1.12 bits per heavy atom. The van der Waals surface area contributed by atoms with Gasteiger partial charge in [-0.3, -0.25) is 14.2 Å². The molecule has 34 heavy (non-hydrogen) atoms. The average molecular weight is 465 g/mol. The molecule has 0 spiro atoms. The normalized spacial score (nSPS) is 12.8. The Kier molecular flexibility index (Phi) is 6.27. The molecular formula is C26H29FN4O3. The zero-order valence-electron chi connectivity index (χ0n) is 20.0. The lowest BCUT2D eigenvalue weighted by molar-refractivity contribution is 0.0847. The first-order valence-corrected chi connectivity index (χ1v) is 11.1. The number of benzene rings is 2. The van der Waals surface area contributed by atoms with Crippen LogP contribution >= 0.6 is 0 Å². The van der Waals surface area contributed by atoms with Gasteiger partial charge in [0.2, 0.25) is 6.36 Å². The Hall–Kier alpha value is -3.52. The Morgan fingerprint density at radius 2 is 1.82 bits per heavy atom. The summed E-state index contributed by atoms with van der Waals surface area (Å²) in [6.07, 6.45) is 2.00. The maximum absolute atomic E-state index is 13.6. The minimum absolute atomic E-state index is 0.0551. The van der Waals surface area contributed by atoms with Crippen molar-refractivity contribution in [1.29, 1.82) is 0 Å². The van der Waals surface area contributed by atoms with Crippen LogP contribution in [0, 0.1) is 6.92 Å². The second-order valence-electron chi connectivity index (χ2n) is 9.23. The number of aliphatic hydroxyl groups excluding tert-OH is 1. The molecule has 0 fully saturated rings. The van der Waals surface area contributed by atoms with Crippen LogP contribution in [-0.2, 0) is 19.0 Å². The Bertz CT molecular complexity index is 1390. The first-order valence-electron chi connectivity index (χ1n) is 11.1. The number of alkyl halides is 1. The maximum atomic E-state index is 13.6. The highest BCUT2D eigenvalue weighted by Gasteiger charge is 2.23. The van der Waals surface area contributed by atoms with Crippen LogP contribution in [-0.4, -0.2) is 37.4 Å². The fourth-order valence-electron chi connectivity index (χ4n) is 3.92. The summed E-state index contributed by atoms with van der Waals surface area (Å²) in [6.45, 7) is 7.33. The van der Waals surface area contributed by atoms with Gasteiger partial charge in [0.15, 0.2) is 0 Å². The largest absolute Gasteiger partial charge is 0.460 e. The molecule has 2 heterocycles. The van der Waals surface area contributed by atoms with E-state index in [2.05, 4.69) is 9.97 Å². The smallest absolute Gasteiger partial charge is 0.274 e. The van der Waals surface area contributed by atoms with Gasteiger partial charge in [-0.2, -0.15) is 0 Å². The van der Waals surface area contributed by atoms with E-state index in [0.29, 0.717) is 23.5 Å². The molecule has 0 aliphatic carbocycles. The molecule has 2 aromatic heterocycles. The van der Waals surface area contributed by atoms with Gasteiger partial charge in [-0.05, 0) is 30.7 Å². The van der Waals surface area contributed by atoms with Crippen molar-refractivity contribution in [2.24, 2.45) is 7.05 Å². The van der Waals surface area contributed by atoms with Gasteiger partial charge >= 0.3 is 0 Å². The number of hydrogen-bond acceptors (Lipinski definition) is 5. The molecule has 0 aliphatic rings. The third-order valence-electron chi connectivity index (χ3n) is 5.97. The van der Waals surface area contributed by atoms with Crippen LogP contribution in [0.2, 0.25) is 0 Å². The molecule has 1 atom stereocenters. The average Bonchev–Trinajstić information content (AvgIpc) is 3.05. The van der Waals surface area contributed by atoms with Crippen LogP contribution in [0.15, 0.2) is 53.6 Å². The molecule has 1 N–H and O–H groups in total. The topological polar surface area (TPSA) is 82.2 Å². The minimum Gasteiger partial charge on any atom is -0.460 e. The van der Waals surface area contributed by atoms with Crippen LogP contribution in [0.25, 0.3) is 22.0 Å². The number of halogens is 1. The number of aromatic nitrogens is 4. The van der Waals surface area contributed by atoms with E-state index >= 15 is 0 Å². The molecule has 0 bridgehead atoms. The molecule has 178 valence electrons. The molecule has 0 saturated carbocycles. The molecule has 1 unspecified atom stereocenters. The second-order valence-corrected chi connectivity index (χ2v) is 9.23. The third kappa shape index (κ3) is 4.46. The van der Waals surface area contributed by atoms with E-state index in [9.17, 15) is 14.3 Å². The molecule has 4 rings (SSSR count). The molecule has 2 aromatic carbocycles. The van der Waals surface area contributed by atoms with Crippen LogP contribution in [0.4, 0.5) is 4.39 Å². The van der Waals surface area contributed by atoms with Crippen molar-refractivity contribution >= 4 is 10.9 Å². The zero-order chi connectivity index (χ0) is 24.6. The highest BCUT2D eigenvalue weighted by Crippen LogP contribution is 2.27. The van der Waals surface area contributed by atoms with Gasteiger partial charge < -0.3 is 9.84 Å². The van der Waals surface area contributed by atoms with Gasteiger partial charge in [0.1, 0.15) is 11.6 Å². The molecule has 0 saturated heterocycles. The first kappa shape index (κ1) is 23.6. The Balaban J connectivity index is 1.78. The summed E-state index contributed by atoms with van der Waals surface area (Å²) in [5, 5.41) is 10.2. The summed E-state index contributed by atoms with van der Waals surface area (Å²) in [5.74, 6) is 1.01. The number of rotatable bonds is 7. The summed E-state index contributed by atoms with van der Waals surface area (Å²) in [4.78, 5) is 21.8. The van der Waals surface area contributed by atoms with E-state index in [4.69, 9.17) is 4.74 Å². The summed E-state index contributed by atoms with van der Waals surface area (Å²) in [5.41, 5.74) is 3.54. The molecule has 0 radical (unpaired) electrons. The van der Waals surface area contributed by atoms with Crippen molar-refractivity contribution in [3.8, 4) is 16.9 Å². The third-order valence-corrected chi connectivity index (χ3v) is 5.97.